The maximum Gasteiger partial charge on any atom is 0.263 e. The highest BCUT2D eigenvalue weighted by Gasteiger charge is 2.17. The molecule has 1 atom stereocenters. The molecule has 0 aliphatic rings. The van der Waals surface area contributed by atoms with Crippen LogP contribution in [0.25, 0.3) is 0 Å². The molecule has 20 heavy (non-hydrogen) atoms. The summed E-state index contributed by atoms with van der Waals surface area (Å²) in [5.74, 6) is -2.20. The van der Waals surface area contributed by atoms with Crippen molar-refractivity contribution in [3.8, 4) is 0 Å². The van der Waals surface area contributed by atoms with E-state index in [2.05, 4.69) is 10.3 Å². The lowest BCUT2D eigenvalue weighted by atomic mass is 10.1. The van der Waals surface area contributed by atoms with E-state index in [-0.39, 0.29) is 5.91 Å². The smallest absolute Gasteiger partial charge is 0.263 e. The maximum atomic E-state index is 13.2. The second-order valence-electron chi connectivity index (χ2n) is 4.34. The fraction of sp³-hybridized carbons (Fsp3) is 0.231. The molecule has 0 aliphatic heterocycles. The summed E-state index contributed by atoms with van der Waals surface area (Å²) in [5, 5.41) is 3.01. The SMILES string of the molecule is Cc1nc(N)sc1C(=O)NC(C)c1ccc(F)c(F)c1. The second kappa shape index (κ2) is 5.54. The van der Waals surface area contributed by atoms with Crippen molar-refractivity contribution in [2.45, 2.75) is 19.9 Å². The summed E-state index contributed by atoms with van der Waals surface area (Å²) in [5.41, 5.74) is 6.55. The Bertz CT molecular complexity index is 657. The summed E-state index contributed by atoms with van der Waals surface area (Å²) in [6.45, 7) is 3.37. The summed E-state index contributed by atoms with van der Waals surface area (Å²) in [7, 11) is 0. The normalized spacial score (nSPS) is 12.2. The first-order valence-electron chi connectivity index (χ1n) is 5.87. The van der Waals surface area contributed by atoms with Crippen LogP contribution in [0.4, 0.5) is 13.9 Å². The maximum absolute atomic E-state index is 13.2. The van der Waals surface area contributed by atoms with E-state index in [1.54, 1.807) is 13.8 Å². The van der Waals surface area contributed by atoms with Crippen molar-refractivity contribution >= 4 is 22.4 Å². The molecule has 1 aromatic carbocycles. The van der Waals surface area contributed by atoms with E-state index in [1.165, 1.54) is 6.07 Å². The van der Waals surface area contributed by atoms with E-state index < -0.39 is 17.7 Å². The highest BCUT2D eigenvalue weighted by Crippen LogP contribution is 2.21. The number of nitrogens with zero attached hydrogens (tertiary/aromatic N) is 1. The molecular formula is C13H13F2N3OS. The van der Waals surface area contributed by atoms with Crippen molar-refractivity contribution in [3.63, 3.8) is 0 Å². The van der Waals surface area contributed by atoms with Crippen LogP contribution in [0.5, 0.6) is 0 Å². The highest BCUT2D eigenvalue weighted by molar-refractivity contribution is 7.17. The second-order valence-corrected chi connectivity index (χ2v) is 5.37. The van der Waals surface area contributed by atoms with Crippen molar-refractivity contribution in [1.29, 1.82) is 0 Å². The number of carbonyl (C=O) groups is 1. The van der Waals surface area contributed by atoms with Crippen LogP contribution in [-0.4, -0.2) is 10.9 Å². The van der Waals surface area contributed by atoms with Crippen molar-refractivity contribution in [1.82, 2.24) is 10.3 Å². The molecule has 0 bridgehead atoms. The number of aryl methyl sites for hydroxylation is 1. The Morgan fingerprint density at radius 3 is 2.65 bits per heavy atom. The third-order valence-corrected chi connectivity index (χ3v) is 3.80. The summed E-state index contributed by atoms with van der Waals surface area (Å²) in [4.78, 5) is 16.4. The lowest BCUT2D eigenvalue weighted by molar-refractivity contribution is 0.0943. The number of anilines is 1. The standard InChI is InChI=1S/C13H13F2N3OS/c1-6(8-3-4-9(14)10(15)5-8)17-12(19)11-7(2)18-13(16)20-11/h3-6H,1-2H3,(H2,16,18)(H,17,19). The number of halogens is 2. The van der Waals surface area contributed by atoms with Gasteiger partial charge in [-0.2, -0.15) is 0 Å². The number of hydrogen-bond donors (Lipinski definition) is 2. The monoisotopic (exact) mass is 297 g/mol. The molecule has 2 rings (SSSR count). The summed E-state index contributed by atoms with van der Waals surface area (Å²) in [6.07, 6.45) is 0. The average molecular weight is 297 g/mol. The van der Waals surface area contributed by atoms with Gasteiger partial charge in [0.05, 0.1) is 11.7 Å². The van der Waals surface area contributed by atoms with Crippen LogP contribution in [0.3, 0.4) is 0 Å². The molecular weight excluding hydrogens is 284 g/mol. The molecule has 0 spiro atoms. The van der Waals surface area contributed by atoms with Crippen LogP contribution >= 0.6 is 11.3 Å². The van der Waals surface area contributed by atoms with Gasteiger partial charge >= 0.3 is 0 Å². The van der Waals surface area contributed by atoms with Gasteiger partial charge in [-0.05, 0) is 31.5 Å². The van der Waals surface area contributed by atoms with Gasteiger partial charge in [-0.3, -0.25) is 4.79 Å². The molecule has 0 saturated heterocycles. The molecule has 3 N–H and O–H groups in total. The van der Waals surface area contributed by atoms with E-state index in [0.717, 1.165) is 23.5 Å². The summed E-state index contributed by atoms with van der Waals surface area (Å²) in [6, 6.07) is 3.06. The number of thiazole rings is 1. The Hall–Kier alpha value is -2.02. The fourth-order valence-corrected chi connectivity index (χ4v) is 2.49. The van der Waals surface area contributed by atoms with E-state index in [9.17, 15) is 13.6 Å². The van der Waals surface area contributed by atoms with Gasteiger partial charge in [-0.15, -0.1) is 0 Å². The molecule has 0 aliphatic carbocycles. The average Bonchev–Trinajstić information content (AvgIpc) is 2.71. The summed E-state index contributed by atoms with van der Waals surface area (Å²) < 4.78 is 26.0. The van der Waals surface area contributed by atoms with Crippen LogP contribution in [-0.2, 0) is 0 Å². The summed E-state index contributed by atoms with van der Waals surface area (Å²) >= 11 is 1.09. The van der Waals surface area contributed by atoms with Gasteiger partial charge in [0, 0.05) is 0 Å². The van der Waals surface area contributed by atoms with Crippen LogP contribution in [0.15, 0.2) is 18.2 Å². The minimum absolute atomic E-state index is 0.313. The number of benzene rings is 1. The lowest BCUT2D eigenvalue weighted by Gasteiger charge is -2.14. The first-order chi connectivity index (χ1) is 9.38. The van der Waals surface area contributed by atoms with Gasteiger partial charge in [-0.25, -0.2) is 13.8 Å². The van der Waals surface area contributed by atoms with Gasteiger partial charge in [0.1, 0.15) is 4.88 Å². The van der Waals surface area contributed by atoms with Crippen molar-refractivity contribution < 1.29 is 13.6 Å². The minimum atomic E-state index is -0.943. The topological polar surface area (TPSA) is 68.0 Å². The molecule has 1 heterocycles. The zero-order chi connectivity index (χ0) is 14.9. The Balaban J connectivity index is 2.14. The highest BCUT2D eigenvalue weighted by atomic mass is 32.1. The molecule has 0 radical (unpaired) electrons. The van der Waals surface area contributed by atoms with Gasteiger partial charge in [0.25, 0.3) is 5.91 Å². The first kappa shape index (κ1) is 14.4. The molecule has 0 saturated carbocycles. The Labute approximate surface area is 118 Å². The predicted molar refractivity (Wildman–Crippen MR) is 73.5 cm³/mol. The van der Waals surface area contributed by atoms with Crippen LogP contribution in [0, 0.1) is 18.6 Å². The van der Waals surface area contributed by atoms with E-state index in [0.29, 0.717) is 21.3 Å². The van der Waals surface area contributed by atoms with E-state index >= 15 is 0 Å². The zero-order valence-corrected chi connectivity index (χ0v) is 11.7. The van der Waals surface area contributed by atoms with E-state index in [1.807, 2.05) is 0 Å². The van der Waals surface area contributed by atoms with Crippen molar-refractivity contribution in [3.05, 3.63) is 46.0 Å². The van der Waals surface area contributed by atoms with E-state index in [4.69, 9.17) is 5.73 Å². The molecule has 0 fully saturated rings. The molecule has 1 aromatic heterocycles. The lowest BCUT2D eigenvalue weighted by Crippen LogP contribution is -2.26. The quantitative estimate of drug-likeness (QED) is 0.915. The van der Waals surface area contributed by atoms with Crippen LogP contribution < -0.4 is 11.1 Å². The molecule has 1 amide bonds. The number of nitrogens with two attached hydrogens (primary N) is 1. The minimum Gasteiger partial charge on any atom is -0.375 e. The largest absolute Gasteiger partial charge is 0.375 e. The number of carbonyl (C=O) groups excluding carboxylic acids is 1. The van der Waals surface area contributed by atoms with Crippen molar-refractivity contribution in [2.75, 3.05) is 5.73 Å². The first-order valence-corrected chi connectivity index (χ1v) is 6.69. The van der Waals surface area contributed by atoms with Gasteiger partial charge < -0.3 is 11.1 Å². The van der Waals surface area contributed by atoms with Gasteiger partial charge in [-0.1, -0.05) is 17.4 Å². The third kappa shape index (κ3) is 2.93. The molecule has 2 aromatic rings. The number of hydrogen-bond acceptors (Lipinski definition) is 4. The zero-order valence-electron chi connectivity index (χ0n) is 10.9. The number of amides is 1. The van der Waals surface area contributed by atoms with Crippen LogP contribution in [0.1, 0.15) is 33.9 Å². The number of rotatable bonds is 3. The molecule has 7 heteroatoms. The molecule has 1 unspecified atom stereocenters. The van der Waals surface area contributed by atoms with Gasteiger partial charge in [0.2, 0.25) is 0 Å². The Kier molecular flexibility index (Phi) is 3.99. The van der Waals surface area contributed by atoms with Crippen molar-refractivity contribution in [2.24, 2.45) is 0 Å². The fourth-order valence-electron chi connectivity index (χ4n) is 1.76. The third-order valence-electron chi connectivity index (χ3n) is 2.81. The number of nitrogens with one attached hydrogen (secondary N) is 1. The van der Waals surface area contributed by atoms with Gasteiger partial charge in [0.15, 0.2) is 16.8 Å². The molecule has 106 valence electrons. The predicted octanol–water partition coefficient (Wildman–Crippen LogP) is 2.80. The Morgan fingerprint density at radius 1 is 1.40 bits per heavy atom. The van der Waals surface area contributed by atoms with Crippen LogP contribution in [0.2, 0.25) is 0 Å². The number of nitrogen functional groups attached to an aromatic ring is 1. The Morgan fingerprint density at radius 2 is 2.10 bits per heavy atom. The number of aromatic nitrogens is 1. The molecule has 4 nitrogen and oxygen atoms in total.